The van der Waals surface area contributed by atoms with Gasteiger partial charge in [0.15, 0.2) is 15.0 Å². The smallest absolute Gasteiger partial charge is 0.267 e. The first-order valence-corrected chi connectivity index (χ1v) is 14.2. The van der Waals surface area contributed by atoms with Crippen LogP contribution >= 0.6 is 23.1 Å². The lowest BCUT2D eigenvalue weighted by Crippen LogP contribution is -2.40. The van der Waals surface area contributed by atoms with Crippen LogP contribution in [0.2, 0.25) is 0 Å². The highest BCUT2D eigenvalue weighted by Crippen LogP contribution is 2.44. The van der Waals surface area contributed by atoms with Crippen LogP contribution in [0.25, 0.3) is 15.9 Å². The third-order valence-corrected chi connectivity index (χ3v) is 9.58. The molecule has 1 saturated carbocycles. The molecule has 1 aliphatic heterocycles. The van der Waals surface area contributed by atoms with Gasteiger partial charge < -0.3 is 5.32 Å². The summed E-state index contributed by atoms with van der Waals surface area (Å²) in [6, 6.07) is 8.98. The largest absolute Gasteiger partial charge is 0.351 e. The molecule has 2 aliphatic rings. The number of nitrogens with zero attached hydrogens (tertiary/aromatic N) is 2. The van der Waals surface area contributed by atoms with Gasteiger partial charge >= 0.3 is 0 Å². The van der Waals surface area contributed by atoms with E-state index >= 15 is 0 Å². The second-order valence-corrected chi connectivity index (χ2v) is 12.8. The molecule has 2 atom stereocenters. The Morgan fingerprint density at radius 3 is 2.66 bits per heavy atom. The molecule has 1 amide bonds. The van der Waals surface area contributed by atoms with Crippen molar-refractivity contribution in [3.63, 3.8) is 0 Å². The number of hydrogen-bond acceptors (Lipinski definition) is 7. The summed E-state index contributed by atoms with van der Waals surface area (Å²) in [5, 5.41) is 5.48. The van der Waals surface area contributed by atoms with E-state index in [1.807, 2.05) is 35.7 Å². The van der Waals surface area contributed by atoms with Crippen LogP contribution in [-0.4, -0.2) is 46.7 Å². The van der Waals surface area contributed by atoms with E-state index in [1.165, 1.54) is 23.1 Å². The van der Waals surface area contributed by atoms with Gasteiger partial charge in [-0.2, -0.15) is 0 Å². The molecule has 2 unspecified atom stereocenters. The number of thiophene rings is 1. The van der Waals surface area contributed by atoms with Crippen LogP contribution in [0.3, 0.4) is 0 Å². The highest BCUT2D eigenvalue weighted by Gasteiger charge is 2.32. The van der Waals surface area contributed by atoms with Crippen LogP contribution < -0.4 is 10.9 Å². The molecule has 3 heterocycles. The Bertz CT molecular complexity index is 1340. The maximum absolute atomic E-state index is 13.6. The van der Waals surface area contributed by atoms with Crippen molar-refractivity contribution < 1.29 is 13.2 Å². The molecule has 2 aromatic heterocycles. The van der Waals surface area contributed by atoms with E-state index in [0.29, 0.717) is 33.4 Å². The Labute approximate surface area is 194 Å². The summed E-state index contributed by atoms with van der Waals surface area (Å²) in [6.45, 7) is 1.75. The molecular formula is C22H23N3O4S3. The van der Waals surface area contributed by atoms with E-state index < -0.39 is 15.1 Å². The average molecular weight is 490 g/mol. The number of rotatable bonds is 6. The zero-order valence-corrected chi connectivity index (χ0v) is 19.9. The van der Waals surface area contributed by atoms with Crippen LogP contribution in [0.1, 0.15) is 37.7 Å². The van der Waals surface area contributed by atoms with Crippen molar-refractivity contribution in [1.29, 1.82) is 0 Å². The van der Waals surface area contributed by atoms with Crippen molar-refractivity contribution >= 4 is 49.1 Å². The summed E-state index contributed by atoms with van der Waals surface area (Å²) in [4.78, 5) is 31.9. The fourth-order valence-electron chi connectivity index (χ4n) is 4.01. The van der Waals surface area contributed by atoms with E-state index in [2.05, 4.69) is 5.32 Å². The Morgan fingerprint density at radius 2 is 2.00 bits per heavy atom. The van der Waals surface area contributed by atoms with Gasteiger partial charge in [0, 0.05) is 6.04 Å². The molecule has 2 fully saturated rings. The van der Waals surface area contributed by atoms with Crippen LogP contribution in [0.4, 0.5) is 0 Å². The molecule has 32 heavy (non-hydrogen) atoms. The number of fused-ring (bicyclic) bond motifs is 1. The lowest BCUT2D eigenvalue weighted by atomic mass is 10.1. The summed E-state index contributed by atoms with van der Waals surface area (Å²) >= 11 is 2.69. The number of amides is 1. The quantitative estimate of drug-likeness (QED) is 0.422. The molecule has 1 N–H and O–H groups in total. The van der Waals surface area contributed by atoms with Gasteiger partial charge in [0.1, 0.15) is 4.83 Å². The molecule has 1 aliphatic carbocycles. The second-order valence-electron chi connectivity index (χ2n) is 8.38. The SMILES string of the molecule is CC(Sc1nc2scc(C3CC3)c2c(=O)n1-c1ccccc1)C(=O)NC1CCS(=O)(=O)C1. The van der Waals surface area contributed by atoms with Gasteiger partial charge in [-0.3, -0.25) is 14.2 Å². The van der Waals surface area contributed by atoms with Crippen LogP contribution in [0.5, 0.6) is 0 Å². The van der Waals surface area contributed by atoms with Gasteiger partial charge in [-0.25, -0.2) is 13.4 Å². The number of sulfone groups is 1. The molecule has 168 valence electrons. The number of para-hydroxylation sites is 1. The molecule has 5 rings (SSSR count). The fraction of sp³-hybridized carbons (Fsp3) is 0.409. The van der Waals surface area contributed by atoms with Crippen molar-refractivity contribution in [2.45, 2.75) is 48.6 Å². The normalized spacial score (nSPS) is 21.0. The minimum absolute atomic E-state index is 0.0196. The lowest BCUT2D eigenvalue weighted by molar-refractivity contribution is -0.120. The molecular weight excluding hydrogens is 466 g/mol. The second kappa shape index (κ2) is 8.31. The lowest BCUT2D eigenvalue weighted by Gasteiger charge is -2.18. The molecule has 1 saturated heterocycles. The van der Waals surface area contributed by atoms with E-state index in [-0.39, 0.29) is 29.0 Å². The highest BCUT2D eigenvalue weighted by molar-refractivity contribution is 8.00. The van der Waals surface area contributed by atoms with E-state index in [9.17, 15) is 18.0 Å². The van der Waals surface area contributed by atoms with Gasteiger partial charge in [0.25, 0.3) is 5.56 Å². The maximum atomic E-state index is 13.6. The first-order chi connectivity index (χ1) is 15.3. The van der Waals surface area contributed by atoms with Crippen LogP contribution in [0, 0.1) is 0 Å². The van der Waals surface area contributed by atoms with Crippen molar-refractivity contribution in [1.82, 2.24) is 14.9 Å². The Balaban J connectivity index is 1.49. The van der Waals surface area contributed by atoms with Crippen molar-refractivity contribution in [3.05, 3.63) is 51.6 Å². The Morgan fingerprint density at radius 1 is 1.25 bits per heavy atom. The summed E-state index contributed by atoms with van der Waals surface area (Å²) in [7, 11) is -3.08. The van der Waals surface area contributed by atoms with Gasteiger partial charge in [-0.05, 0) is 55.2 Å². The Kier molecular flexibility index (Phi) is 5.63. The van der Waals surface area contributed by atoms with E-state index in [1.54, 1.807) is 11.5 Å². The van der Waals surface area contributed by atoms with Crippen LogP contribution in [-0.2, 0) is 14.6 Å². The monoisotopic (exact) mass is 489 g/mol. The summed E-state index contributed by atoms with van der Waals surface area (Å²) in [5.41, 5.74) is 1.68. The molecule has 0 radical (unpaired) electrons. The van der Waals surface area contributed by atoms with Gasteiger partial charge in [0.2, 0.25) is 5.91 Å². The van der Waals surface area contributed by atoms with Crippen molar-refractivity contribution in [2.75, 3.05) is 11.5 Å². The first-order valence-electron chi connectivity index (χ1n) is 10.6. The standard InChI is InChI=1S/C22H23N3O4S3/c1-13(19(26)23-15-9-10-32(28,29)12-15)31-22-24-20-18(17(11-30-20)14-7-8-14)21(27)25(22)16-5-3-2-4-6-16/h2-6,11,13-15H,7-10,12H2,1H3,(H,23,26). The number of carbonyl (C=O) groups is 1. The van der Waals surface area contributed by atoms with Gasteiger partial charge in [-0.1, -0.05) is 30.0 Å². The molecule has 0 spiro atoms. The van der Waals surface area contributed by atoms with Crippen molar-refractivity contribution in [2.24, 2.45) is 0 Å². The summed E-state index contributed by atoms with van der Waals surface area (Å²) < 4.78 is 25.0. The Hall–Kier alpha value is -2.17. The third kappa shape index (κ3) is 4.23. The number of benzene rings is 1. The first kappa shape index (κ1) is 21.7. The number of nitrogens with one attached hydrogen (secondary N) is 1. The fourth-order valence-corrected chi connectivity index (χ4v) is 7.68. The number of hydrogen-bond donors (Lipinski definition) is 1. The number of thioether (sulfide) groups is 1. The molecule has 10 heteroatoms. The number of carbonyl (C=O) groups excluding carboxylic acids is 1. The summed E-state index contributed by atoms with van der Waals surface area (Å²) in [5.74, 6) is 0.269. The predicted octanol–water partition coefficient (Wildman–Crippen LogP) is 3.11. The molecule has 7 nitrogen and oxygen atoms in total. The molecule has 3 aromatic rings. The maximum Gasteiger partial charge on any atom is 0.267 e. The predicted molar refractivity (Wildman–Crippen MR) is 128 cm³/mol. The third-order valence-electron chi connectivity index (χ3n) is 5.87. The zero-order chi connectivity index (χ0) is 22.5. The van der Waals surface area contributed by atoms with Gasteiger partial charge in [0.05, 0.1) is 27.8 Å². The van der Waals surface area contributed by atoms with Gasteiger partial charge in [-0.15, -0.1) is 11.3 Å². The minimum Gasteiger partial charge on any atom is -0.351 e. The zero-order valence-electron chi connectivity index (χ0n) is 17.5. The van der Waals surface area contributed by atoms with Crippen molar-refractivity contribution in [3.8, 4) is 5.69 Å². The van der Waals surface area contributed by atoms with E-state index in [4.69, 9.17) is 4.98 Å². The summed E-state index contributed by atoms with van der Waals surface area (Å²) in [6.07, 6.45) is 2.63. The minimum atomic E-state index is -3.08. The topological polar surface area (TPSA) is 98.1 Å². The molecule has 0 bridgehead atoms. The number of aromatic nitrogens is 2. The van der Waals surface area contributed by atoms with Crippen LogP contribution in [0.15, 0.2) is 45.7 Å². The molecule has 1 aromatic carbocycles. The average Bonchev–Trinajstić information content (AvgIpc) is 3.42. The van der Waals surface area contributed by atoms with E-state index in [0.717, 1.165) is 18.4 Å². The highest BCUT2D eigenvalue weighted by atomic mass is 32.2.